The van der Waals surface area contributed by atoms with Crippen LogP contribution in [-0.2, 0) is 15.3 Å². The van der Waals surface area contributed by atoms with Crippen LogP contribution in [0.15, 0.2) is 18.2 Å². The molecule has 1 aromatic carbocycles. The lowest BCUT2D eigenvalue weighted by molar-refractivity contribution is 0.291. The van der Waals surface area contributed by atoms with E-state index in [0.717, 1.165) is 23.4 Å². The summed E-state index contributed by atoms with van der Waals surface area (Å²) in [5.74, 6) is 0.908. The van der Waals surface area contributed by atoms with Gasteiger partial charge in [-0.3, -0.25) is 0 Å². The van der Waals surface area contributed by atoms with Crippen molar-refractivity contribution < 1.29 is 13.2 Å². The largest absolute Gasteiger partial charge is 0.492 e. The molecule has 1 N–H and O–H groups in total. The van der Waals surface area contributed by atoms with Crippen LogP contribution in [0.1, 0.15) is 44.9 Å². The first-order valence-corrected chi connectivity index (χ1v) is 9.31. The molecular formula is C16H25NO3S. The average molecular weight is 311 g/mol. The van der Waals surface area contributed by atoms with Gasteiger partial charge in [-0.15, -0.1) is 0 Å². The Kier molecular flexibility index (Phi) is 4.36. The van der Waals surface area contributed by atoms with Crippen molar-refractivity contribution in [2.75, 3.05) is 19.4 Å². The predicted molar refractivity (Wildman–Crippen MR) is 85.7 cm³/mol. The zero-order valence-corrected chi connectivity index (χ0v) is 14.3. The summed E-state index contributed by atoms with van der Waals surface area (Å²) in [7, 11) is -3.11. The van der Waals surface area contributed by atoms with E-state index < -0.39 is 15.1 Å². The Morgan fingerprint density at radius 1 is 1.38 bits per heavy atom. The lowest BCUT2D eigenvalue weighted by Crippen LogP contribution is -2.35. The Balaban J connectivity index is 2.43. The molecule has 21 heavy (non-hydrogen) atoms. The summed E-state index contributed by atoms with van der Waals surface area (Å²) in [5.41, 5.74) is 2.13. The molecule has 0 saturated heterocycles. The van der Waals surface area contributed by atoms with Gasteiger partial charge >= 0.3 is 0 Å². The topological polar surface area (TPSA) is 55.4 Å². The van der Waals surface area contributed by atoms with Crippen molar-refractivity contribution in [1.29, 1.82) is 0 Å². The summed E-state index contributed by atoms with van der Waals surface area (Å²) in [6.07, 6.45) is 1.29. The summed E-state index contributed by atoms with van der Waals surface area (Å²) in [4.78, 5) is 0. The smallest absolute Gasteiger partial charge is 0.151 e. The van der Waals surface area contributed by atoms with Gasteiger partial charge in [-0.2, -0.15) is 0 Å². The highest BCUT2D eigenvalue weighted by Gasteiger charge is 2.34. The molecule has 0 amide bonds. The molecular weight excluding hydrogens is 286 g/mol. The molecule has 0 fully saturated rings. The number of ether oxygens (including phenoxy) is 1. The van der Waals surface area contributed by atoms with Crippen LogP contribution >= 0.6 is 0 Å². The van der Waals surface area contributed by atoms with E-state index in [1.54, 1.807) is 6.92 Å². The fourth-order valence-corrected chi connectivity index (χ4v) is 3.50. The minimum Gasteiger partial charge on any atom is -0.492 e. The number of sulfone groups is 1. The van der Waals surface area contributed by atoms with Crippen molar-refractivity contribution in [1.82, 2.24) is 5.32 Å². The quantitative estimate of drug-likeness (QED) is 0.907. The predicted octanol–water partition coefficient (Wildman–Crippen LogP) is 2.44. The standard InChI is InChI=1S/C16H25NO3S/c1-6-17-15(11(2)21(5,18)19)12-7-8-14-13(9-12)16(3,4)10-20-14/h7-9,11,15,17H,6,10H2,1-5H3. The minimum atomic E-state index is -3.11. The van der Waals surface area contributed by atoms with Crippen LogP contribution in [0.3, 0.4) is 0 Å². The summed E-state index contributed by atoms with van der Waals surface area (Å²) >= 11 is 0. The molecule has 5 heteroatoms. The highest BCUT2D eigenvalue weighted by atomic mass is 32.2. The van der Waals surface area contributed by atoms with Gasteiger partial charge in [-0.05, 0) is 31.2 Å². The van der Waals surface area contributed by atoms with Crippen molar-refractivity contribution >= 4 is 9.84 Å². The second-order valence-corrected chi connectivity index (χ2v) is 8.90. The summed E-state index contributed by atoms with van der Waals surface area (Å²) in [6.45, 7) is 9.43. The van der Waals surface area contributed by atoms with Gasteiger partial charge in [0, 0.05) is 23.3 Å². The highest BCUT2D eigenvalue weighted by Crippen LogP contribution is 2.40. The average Bonchev–Trinajstić information content (AvgIpc) is 2.70. The number of hydrogen-bond donors (Lipinski definition) is 1. The molecule has 0 spiro atoms. The van der Waals surface area contributed by atoms with Crippen molar-refractivity contribution in [2.24, 2.45) is 0 Å². The number of nitrogens with one attached hydrogen (secondary N) is 1. The molecule has 2 rings (SSSR count). The van der Waals surface area contributed by atoms with Gasteiger partial charge in [0.1, 0.15) is 5.75 Å². The maximum absolute atomic E-state index is 11.9. The first-order valence-electron chi connectivity index (χ1n) is 7.36. The molecule has 2 unspecified atom stereocenters. The van der Waals surface area contributed by atoms with Crippen molar-refractivity contribution in [3.05, 3.63) is 29.3 Å². The summed E-state index contributed by atoms with van der Waals surface area (Å²) in [5, 5.41) is 2.83. The van der Waals surface area contributed by atoms with Crippen LogP contribution in [0.2, 0.25) is 0 Å². The van der Waals surface area contributed by atoms with Crippen LogP contribution in [0.25, 0.3) is 0 Å². The normalized spacial score (nSPS) is 19.7. The molecule has 4 nitrogen and oxygen atoms in total. The zero-order chi connectivity index (χ0) is 15.8. The lowest BCUT2D eigenvalue weighted by atomic mass is 9.85. The Bertz CT molecular complexity index is 622. The van der Waals surface area contributed by atoms with E-state index in [-0.39, 0.29) is 11.5 Å². The fraction of sp³-hybridized carbons (Fsp3) is 0.625. The van der Waals surface area contributed by atoms with Gasteiger partial charge in [0.2, 0.25) is 0 Å². The molecule has 0 aliphatic carbocycles. The highest BCUT2D eigenvalue weighted by molar-refractivity contribution is 7.91. The molecule has 0 bridgehead atoms. The monoisotopic (exact) mass is 311 g/mol. The van der Waals surface area contributed by atoms with Crippen LogP contribution in [-0.4, -0.2) is 33.1 Å². The minimum absolute atomic E-state index is 0.0313. The maximum Gasteiger partial charge on any atom is 0.151 e. The number of benzene rings is 1. The van der Waals surface area contributed by atoms with E-state index in [0.29, 0.717) is 6.61 Å². The van der Waals surface area contributed by atoms with Crippen molar-refractivity contribution in [3.63, 3.8) is 0 Å². The molecule has 2 atom stereocenters. The Hall–Kier alpha value is -1.07. The van der Waals surface area contributed by atoms with E-state index in [2.05, 4.69) is 25.2 Å². The molecule has 0 saturated carbocycles. The van der Waals surface area contributed by atoms with Crippen LogP contribution in [0.4, 0.5) is 0 Å². The van der Waals surface area contributed by atoms with Gasteiger partial charge in [0.05, 0.1) is 11.9 Å². The zero-order valence-electron chi connectivity index (χ0n) is 13.4. The lowest BCUT2D eigenvalue weighted by Gasteiger charge is -2.25. The SMILES string of the molecule is CCNC(c1ccc2c(c1)C(C)(C)CO2)C(C)S(C)(=O)=O. The molecule has 1 aromatic rings. The number of rotatable bonds is 5. The second kappa shape index (κ2) is 5.61. The van der Waals surface area contributed by atoms with Crippen molar-refractivity contribution in [2.45, 2.75) is 44.4 Å². The van der Waals surface area contributed by atoms with Gasteiger partial charge in [0.15, 0.2) is 9.84 Å². The first kappa shape index (κ1) is 16.3. The maximum atomic E-state index is 11.9. The van der Waals surface area contributed by atoms with Crippen LogP contribution in [0.5, 0.6) is 5.75 Å². The van der Waals surface area contributed by atoms with Gasteiger partial charge in [0.25, 0.3) is 0 Å². The molecule has 0 aromatic heterocycles. The van der Waals surface area contributed by atoms with Crippen LogP contribution < -0.4 is 10.1 Å². The van der Waals surface area contributed by atoms with E-state index in [1.165, 1.54) is 6.26 Å². The summed E-state index contributed by atoms with van der Waals surface area (Å²) < 4.78 is 29.5. The molecule has 0 radical (unpaired) electrons. The first-order chi connectivity index (χ1) is 9.66. The number of fused-ring (bicyclic) bond motifs is 1. The Labute approximate surface area is 127 Å². The molecule has 1 heterocycles. The van der Waals surface area contributed by atoms with E-state index in [4.69, 9.17) is 4.74 Å². The Morgan fingerprint density at radius 2 is 2.05 bits per heavy atom. The second-order valence-electron chi connectivity index (χ2n) is 6.50. The number of hydrogen-bond acceptors (Lipinski definition) is 4. The molecule has 1 aliphatic rings. The van der Waals surface area contributed by atoms with Gasteiger partial charge in [-0.25, -0.2) is 8.42 Å². The molecule has 118 valence electrons. The third kappa shape index (κ3) is 3.24. The fourth-order valence-electron chi connectivity index (χ4n) is 2.75. The van der Waals surface area contributed by atoms with Gasteiger partial charge in [-0.1, -0.05) is 26.8 Å². The Morgan fingerprint density at radius 3 is 2.62 bits per heavy atom. The van der Waals surface area contributed by atoms with E-state index >= 15 is 0 Å². The van der Waals surface area contributed by atoms with E-state index in [9.17, 15) is 8.42 Å². The van der Waals surface area contributed by atoms with Gasteiger partial charge < -0.3 is 10.1 Å². The van der Waals surface area contributed by atoms with E-state index in [1.807, 2.05) is 19.1 Å². The van der Waals surface area contributed by atoms with Crippen LogP contribution in [0, 0.1) is 0 Å². The molecule has 1 aliphatic heterocycles. The van der Waals surface area contributed by atoms with Crippen molar-refractivity contribution in [3.8, 4) is 5.75 Å². The third-order valence-corrected chi connectivity index (χ3v) is 5.87. The summed E-state index contributed by atoms with van der Waals surface area (Å²) in [6, 6.07) is 5.82. The third-order valence-electron chi connectivity index (χ3n) is 4.25.